The van der Waals surface area contributed by atoms with Crippen LogP contribution in [0.3, 0.4) is 0 Å². The second-order valence-corrected chi connectivity index (χ2v) is 3.66. The number of rotatable bonds is 3. The molecule has 92 valence electrons. The summed E-state index contributed by atoms with van der Waals surface area (Å²) in [4.78, 5) is 22.5. The van der Waals surface area contributed by atoms with Gasteiger partial charge in [0.05, 0.1) is 18.1 Å². The van der Waals surface area contributed by atoms with Gasteiger partial charge in [-0.15, -0.1) is 0 Å². The minimum Gasteiger partial charge on any atom is -0.545 e. The molecule has 0 fully saturated rings. The molecule has 0 bridgehead atoms. The normalized spacial score (nSPS) is 10.1. The molecule has 0 heterocycles. The summed E-state index contributed by atoms with van der Waals surface area (Å²) in [6, 6.07) is 1.32. The maximum absolute atomic E-state index is 11.7. The lowest BCUT2D eigenvalue weighted by Crippen LogP contribution is -2.25. The van der Waals surface area contributed by atoms with Crippen LogP contribution >= 0.6 is 0 Å². The monoisotopic (exact) mass is 236 g/mol. The molecule has 17 heavy (non-hydrogen) atoms. The van der Waals surface area contributed by atoms with Crippen LogP contribution < -0.4 is 10.8 Å². The molecule has 0 spiro atoms. The predicted molar refractivity (Wildman–Crippen MR) is 60.6 cm³/mol. The summed E-state index contributed by atoms with van der Waals surface area (Å²) >= 11 is 0. The Kier molecular flexibility index (Phi) is 3.73. The first-order chi connectivity index (χ1) is 7.90. The number of aryl methyl sites for hydroxylation is 1. The van der Waals surface area contributed by atoms with Crippen LogP contribution in [0, 0.1) is 13.8 Å². The number of anilines is 1. The molecule has 0 saturated carbocycles. The van der Waals surface area contributed by atoms with E-state index in [1.807, 2.05) is 0 Å². The van der Waals surface area contributed by atoms with E-state index in [0.29, 0.717) is 16.7 Å². The van der Waals surface area contributed by atoms with Gasteiger partial charge in [-0.05, 0) is 38.0 Å². The number of nitrogens with two attached hydrogens (primary N) is 1. The molecule has 5 heteroatoms. The molecule has 0 radical (unpaired) electrons. The maximum atomic E-state index is 11.7. The van der Waals surface area contributed by atoms with Crippen LogP contribution in [-0.2, 0) is 4.74 Å². The molecular weight excluding hydrogens is 222 g/mol. The topological polar surface area (TPSA) is 92.5 Å². The fourth-order valence-corrected chi connectivity index (χ4v) is 1.69. The Morgan fingerprint density at radius 1 is 1.41 bits per heavy atom. The Bertz CT molecular complexity index is 480. The zero-order valence-corrected chi connectivity index (χ0v) is 9.99. The second-order valence-electron chi connectivity index (χ2n) is 3.66. The summed E-state index contributed by atoms with van der Waals surface area (Å²) in [6.07, 6.45) is 0. The first kappa shape index (κ1) is 13.0. The first-order valence-corrected chi connectivity index (χ1v) is 5.18. The summed E-state index contributed by atoms with van der Waals surface area (Å²) in [5.74, 6) is -1.86. The van der Waals surface area contributed by atoms with E-state index < -0.39 is 11.9 Å². The van der Waals surface area contributed by atoms with Gasteiger partial charge in [0.25, 0.3) is 0 Å². The number of carbonyl (C=O) groups is 2. The van der Waals surface area contributed by atoms with Crippen molar-refractivity contribution in [3.05, 3.63) is 28.3 Å². The van der Waals surface area contributed by atoms with E-state index in [0.717, 1.165) is 0 Å². The molecule has 0 unspecified atom stereocenters. The van der Waals surface area contributed by atoms with Gasteiger partial charge in [0.1, 0.15) is 0 Å². The minimum absolute atomic E-state index is 0.0404. The molecule has 2 N–H and O–H groups in total. The Balaban J connectivity index is 3.40. The van der Waals surface area contributed by atoms with Gasteiger partial charge in [-0.25, -0.2) is 4.79 Å². The van der Waals surface area contributed by atoms with E-state index in [9.17, 15) is 14.7 Å². The molecule has 0 saturated heterocycles. The highest BCUT2D eigenvalue weighted by Gasteiger charge is 2.18. The second kappa shape index (κ2) is 4.86. The van der Waals surface area contributed by atoms with E-state index >= 15 is 0 Å². The SMILES string of the molecule is CCOC(=O)c1c(C)cc(C(=O)[O-])c(N)c1C. The maximum Gasteiger partial charge on any atom is 0.338 e. The summed E-state index contributed by atoms with van der Waals surface area (Å²) < 4.78 is 4.89. The highest BCUT2D eigenvalue weighted by atomic mass is 16.5. The van der Waals surface area contributed by atoms with Crippen LogP contribution in [0.4, 0.5) is 5.69 Å². The Morgan fingerprint density at radius 3 is 2.47 bits per heavy atom. The van der Waals surface area contributed by atoms with Crippen molar-refractivity contribution in [2.24, 2.45) is 0 Å². The number of hydrogen-bond donors (Lipinski definition) is 1. The van der Waals surface area contributed by atoms with Crippen molar-refractivity contribution in [3.8, 4) is 0 Å². The largest absolute Gasteiger partial charge is 0.545 e. The summed E-state index contributed by atoms with van der Waals surface area (Å²) in [7, 11) is 0. The predicted octanol–water partition coefficient (Wildman–Crippen LogP) is 0.426. The Morgan fingerprint density at radius 2 is 2.00 bits per heavy atom. The molecule has 0 aliphatic heterocycles. The van der Waals surface area contributed by atoms with Gasteiger partial charge in [-0.3, -0.25) is 0 Å². The molecule has 0 aromatic heterocycles. The van der Waals surface area contributed by atoms with E-state index in [4.69, 9.17) is 10.5 Å². The third-order valence-electron chi connectivity index (χ3n) is 2.52. The van der Waals surface area contributed by atoms with Crippen molar-refractivity contribution in [2.75, 3.05) is 12.3 Å². The van der Waals surface area contributed by atoms with E-state index in [-0.39, 0.29) is 17.9 Å². The minimum atomic E-state index is -1.36. The van der Waals surface area contributed by atoms with Gasteiger partial charge < -0.3 is 20.4 Å². The van der Waals surface area contributed by atoms with Crippen molar-refractivity contribution in [1.29, 1.82) is 0 Å². The smallest absolute Gasteiger partial charge is 0.338 e. The molecule has 1 rings (SSSR count). The summed E-state index contributed by atoms with van der Waals surface area (Å²) in [5.41, 5.74) is 6.82. The number of nitrogen functional groups attached to an aromatic ring is 1. The fraction of sp³-hybridized carbons (Fsp3) is 0.333. The molecule has 5 nitrogen and oxygen atoms in total. The highest BCUT2D eigenvalue weighted by Crippen LogP contribution is 2.25. The van der Waals surface area contributed by atoms with Crippen LogP contribution in [0.15, 0.2) is 6.07 Å². The van der Waals surface area contributed by atoms with E-state index in [2.05, 4.69) is 0 Å². The number of ether oxygens (including phenoxy) is 1. The molecule has 0 aliphatic rings. The third kappa shape index (κ3) is 2.38. The van der Waals surface area contributed by atoms with Gasteiger partial charge in [-0.2, -0.15) is 0 Å². The lowest BCUT2D eigenvalue weighted by Gasteiger charge is -2.15. The number of aromatic carboxylic acids is 1. The van der Waals surface area contributed by atoms with Gasteiger partial charge in [0.2, 0.25) is 0 Å². The standard InChI is InChI=1S/C12H15NO4/c1-4-17-12(16)9-6(2)5-8(11(14)15)10(13)7(9)3/h5H,4,13H2,1-3H3,(H,14,15)/p-1. The number of carbonyl (C=O) groups excluding carboxylic acids is 2. The highest BCUT2D eigenvalue weighted by molar-refractivity contribution is 6.00. The average Bonchev–Trinajstić information content (AvgIpc) is 2.23. The zero-order valence-electron chi connectivity index (χ0n) is 9.99. The molecule has 0 aliphatic carbocycles. The van der Waals surface area contributed by atoms with Crippen molar-refractivity contribution in [1.82, 2.24) is 0 Å². The van der Waals surface area contributed by atoms with Gasteiger partial charge in [-0.1, -0.05) is 0 Å². The number of hydrogen-bond acceptors (Lipinski definition) is 5. The number of carboxylic acids is 1. The van der Waals surface area contributed by atoms with Crippen molar-refractivity contribution in [2.45, 2.75) is 20.8 Å². The lowest BCUT2D eigenvalue weighted by molar-refractivity contribution is -0.254. The number of carboxylic acid groups (broad SMARTS) is 1. The Hall–Kier alpha value is -2.04. The molecule has 1 aromatic carbocycles. The molecular formula is C12H14NO4-. The molecule has 0 atom stereocenters. The average molecular weight is 236 g/mol. The zero-order chi connectivity index (χ0) is 13.2. The summed E-state index contributed by atoms with van der Waals surface area (Å²) in [6.45, 7) is 5.16. The molecule has 0 amide bonds. The van der Waals surface area contributed by atoms with E-state index in [1.54, 1.807) is 20.8 Å². The van der Waals surface area contributed by atoms with Gasteiger partial charge >= 0.3 is 5.97 Å². The summed E-state index contributed by atoms with van der Waals surface area (Å²) in [5, 5.41) is 10.8. The fourth-order valence-electron chi connectivity index (χ4n) is 1.69. The number of esters is 1. The van der Waals surface area contributed by atoms with Crippen LogP contribution in [0.25, 0.3) is 0 Å². The van der Waals surface area contributed by atoms with Gasteiger partial charge in [0, 0.05) is 11.3 Å². The lowest BCUT2D eigenvalue weighted by atomic mass is 9.97. The van der Waals surface area contributed by atoms with Crippen molar-refractivity contribution in [3.63, 3.8) is 0 Å². The van der Waals surface area contributed by atoms with Crippen LogP contribution in [0.2, 0.25) is 0 Å². The Labute approximate surface area is 99.2 Å². The van der Waals surface area contributed by atoms with Crippen molar-refractivity contribution < 1.29 is 19.4 Å². The van der Waals surface area contributed by atoms with Crippen LogP contribution in [0.5, 0.6) is 0 Å². The quantitative estimate of drug-likeness (QED) is 0.606. The third-order valence-corrected chi connectivity index (χ3v) is 2.52. The van der Waals surface area contributed by atoms with E-state index in [1.165, 1.54) is 6.07 Å². The number of benzene rings is 1. The van der Waals surface area contributed by atoms with Gasteiger partial charge in [0.15, 0.2) is 0 Å². The van der Waals surface area contributed by atoms with Crippen molar-refractivity contribution >= 4 is 17.6 Å². The van der Waals surface area contributed by atoms with Crippen LogP contribution in [0.1, 0.15) is 38.8 Å². The first-order valence-electron chi connectivity index (χ1n) is 5.18. The molecule has 1 aromatic rings. The van der Waals surface area contributed by atoms with Crippen LogP contribution in [-0.4, -0.2) is 18.5 Å².